The topological polar surface area (TPSA) is 124 Å². The van der Waals surface area contributed by atoms with Gasteiger partial charge < -0.3 is 15.0 Å². The fourth-order valence-electron chi connectivity index (χ4n) is 3.61. The van der Waals surface area contributed by atoms with Gasteiger partial charge >= 0.3 is 5.97 Å². The van der Waals surface area contributed by atoms with Crippen LogP contribution in [0.15, 0.2) is 29.0 Å². The van der Waals surface area contributed by atoms with E-state index < -0.39 is 11.9 Å². The van der Waals surface area contributed by atoms with Crippen LogP contribution in [0.2, 0.25) is 0 Å². The zero-order valence-corrected chi connectivity index (χ0v) is 23.4. The molecule has 0 fully saturated rings. The number of carbonyl (C=O) groups is 3. The summed E-state index contributed by atoms with van der Waals surface area (Å²) in [6, 6.07) is 3.31. The molecule has 0 aliphatic carbocycles. The van der Waals surface area contributed by atoms with Crippen LogP contribution >= 0.6 is 27.3 Å². The molecule has 4 rings (SSSR count). The van der Waals surface area contributed by atoms with Gasteiger partial charge in [0.15, 0.2) is 11.3 Å². The van der Waals surface area contributed by atoms with Gasteiger partial charge in [0.25, 0.3) is 11.8 Å². The molecule has 4 heterocycles. The van der Waals surface area contributed by atoms with Crippen molar-refractivity contribution in [1.29, 1.82) is 0 Å². The maximum absolute atomic E-state index is 13.3. The van der Waals surface area contributed by atoms with E-state index in [0.717, 1.165) is 15.8 Å². The first kappa shape index (κ1) is 26.5. The number of aromatic nitrogens is 5. The van der Waals surface area contributed by atoms with E-state index in [0.29, 0.717) is 40.4 Å². The monoisotopic (exact) mass is 587 g/mol. The number of esters is 1. The number of fused-ring (bicyclic) bond motifs is 1. The summed E-state index contributed by atoms with van der Waals surface area (Å²) in [4.78, 5) is 44.9. The first-order chi connectivity index (χ1) is 17.7. The molecule has 11 nitrogen and oxygen atoms in total. The van der Waals surface area contributed by atoms with Gasteiger partial charge in [-0.3, -0.25) is 14.3 Å². The highest BCUT2D eigenvalue weighted by Crippen LogP contribution is 2.35. The Labute approximate surface area is 225 Å². The third-order valence-corrected chi connectivity index (χ3v) is 7.27. The Morgan fingerprint density at radius 3 is 2.62 bits per heavy atom. The van der Waals surface area contributed by atoms with E-state index in [9.17, 15) is 14.4 Å². The highest BCUT2D eigenvalue weighted by Gasteiger charge is 2.28. The summed E-state index contributed by atoms with van der Waals surface area (Å²) in [5.41, 5.74) is 2.47. The standard InChI is InChI=1S/C24H26BrN7O4S/c1-6-10-36-24(35)18-13(3)20(23(34)30(4)5)37-22(18)27-21(33)15-11-17-26-9-8-16(32(17)28-15)19-14(25)12-31(7-2)29-19/h8-9,11-12H,6-7,10H2,1-5H3,(H,27,33). The summed E-state index contributed by atoms with van der Waals surface area (Å²) >= 11 is 4.56. The maximum Gasteiger partial charge on any atom is 0.341 e. The molecule has 0 radical (unpaired) electrons. The summed E-state index contributed by atoms with van der Waals surface area (Å²) in [5.74, 6) is -1.42. The molecule has 0 bridgehead atoms. The van der Waals surface area contributed by atoms with Crippen LogP contribution in [0, 0.1) is 6.92 Å². The number of carbonyl (C=O) groups excluding carboxylic acids is 3. The van der Waals surface area contributed by atoms with Crippen molar-refractivity contribution in [1.82, 2.24) is 29.3 Å². The highest BCUT2D eigenvalue weighted by atomic mass is 79.9. The van der Waals surface area contributed by atoms with Gasteiger partial charge in [-0.05, 0) is 47.8 Å². The third-order valence-electron chi connectivity index (χ3n) is 5.49. The lowest BCUT2D eigenvalue weighted by Crippen LogP contribution is -2.21. The smallest absolute Gasteiger partial charge is 0.341 e. The number of hydrogen-bond acceptors (Lipinski definition) is 8. The van der Waals surface area contributed by atoms with E-state index in [1.54, 1.807) is 48.5 Å². The Bertz CT molecular complexity index is 1500. The van der Waals surface area contributed by atoms with Gasteiger partial charge in [0.1, 0.15) is 10.7 Å². The molecule has 37 heavy (non-hydrogen) atoms. The van der Waals surface area contributed by atoms with E-state index >= 15 is 0 Å². The van der Waals surface area contributed by atoms with Crippen molar-refractivity contribution < 1.29 is 19.1 Å². The maximum atomic E-state index is 13.3. The van der Waals surface area contributed by atoms with E-state index in [-0.39, 0.29) is 28.8 Å². The minimum atomic E-state index is -0.598. The van der Waals surface area contributed by atoms with Gasteiger partial charge in [0, 0.05) is 39.1 Å². The number of nitrogens with zero attached hydrogens (tertiary/aromatic N) is 6. The molecule has 0 aliphatic heterocycles. The molecule has 0 aliphatic rings. The minimum Gasteiger partial charge on any atom is -0.462 e. The lowest BCUT2D eigenvalue weighted by Gasteiger charge is -2.09. The van der Waals surface area contributed by atoms with Crippen LogP contribution < -0.4 is 5.32 Å². The fraction of sp³-hybridized carbons (Fsp3) is 0.333. The zero-order chi connectivity index (χ0) is 26.9. The summed E-state index contributed by atoms with van der Waals surface area (Å²) in [6.07, 6.45) is 4.13. The van der Waals surface area contributed by atoms with E-state index in [1.165, 1.54) is 4.90 Å². The van der Waals surface area contributed by atoms with Gasteiger partial charge in [-0.15, -0.1) is 11.3 Å². The Morgan fingerprint density at radius 1 is 1.22 bits per heavy atom. The number of amides is 2. The normalized spacial score (nSPS) is 11.1. The first-order valence-electron chi connectivity index (χ1n) is 11.6. The highest BCUT2D eigenvalue weighted by molar-refractivity contribution is 9.10. The molecule has 4 aromatic rings. The molecule has 13 heteroatoms. The van der Waals surface area contributed by atoms with Gasteiger partial charge in [0.2, 0.25) is 0 Å². The number of thiophene rings is 1. The molecule has 0 atom stereocenters. The van der Waals surface area contributed by atoms with Crippen LogP contribution in [-0.4, -0.2) is 67.8 Å². The predicted molar refractivity (Wildman–Crippen MR) is 143 cm³/mol. The molecule has 0 spiro atoms. The molecule has 0 saturated carbocycles. The molecule has 0 unspecified atom stereocenters. The minimum absolute atomic E-state index is 0.0883. The van der Waals surface area contributed by atoms with Gasteiger partial charge in [-0.1, -0.05) is 6.92 Å². The van der Waals surface area contributed by atoms with Crippen molar-refractivity contribution in [3.05, 3.63) is 50.7 Å². The second kappa shape index (κ2) is 10.8. The number of rotatable bonds is 8. The molecular weight excluding hydrogens is 562 g/mol. The summed E-state index contributed by atoms with van der Waals surface area (Å²) in [7, 11) is 3.25. The SMILES string of the molecule is CCCOC(=O)c1c(NC(=O)c2cc3nccc(-c4nn(CC)cc4Br)n3n2)sc(C(=O)N(C)C)c1C. The zero-order valence-electron chi connectivity index (χ0n) is 21.0. The van der Waals surface area contributed by atoms with Crippen molar-refractivity contribution >= 4 is 55.7 Å². The van der Waals surface area contributed by atoms with Crippen LogP contribution in [0.3, 0.4) is 0 Å². The van der Waals surface area contributed by atoms with Crippen LogP contribution in [0.1, 0.15) is 56.3 Å². The first-order valence-corrected chi connectivity index (χ1v) is 13.2. The van der Waals surface area contributed by atoms with Crippen molar-refractivity contribution in [2.75, 3.05) is 26.0 Å². The van der Waals surface area contributed by atoms with Crippen molar-refractivity contribution in [3.63, 3.8) is 0 Å². The second-order valence-corrected chi connectivity index (χ2v) is 10.2. The molecule has 0 aromatic carbocycles. The molecule has 4 aromatic heterocycles. The van der Waals surface area contributed by atoms with Gasteiger partial charge in [0.05, 0.1) is 27.2 Å². The second-order valence-electron chi connectivity index (χ2n) is 8.36. The van der Waals surface area contributed by atoms with Crippen LogP contribution in [0.25, 0.3) is 17.0 Å². The van der Waals surface area contributed by atoms with E-state index in [2.05, 4.69) is 36.4 Å². The lowest BCUT2D eigenvalue weighted by molar-refractivity contribution is 0.0506. The molecule has 2 amide bonds. The third kappa shape index (κ3) is 5.14. The summed E-state index contributed by atoms with van der Waals surface area (Å²) < 4.78 is 9.43. The Hall–Kier alpha value is -3.58. The number of nitrogens with one attached hydrogen (secondary N) is 1. The quantitative estimate of drug-likeness (QED) is 0.305. The van der Waals surface area contributed by atoms with Crippen LogP contribution in [-0.2, 0) is 11.3 Å². The molecule has 194 valence electrons. The Balaban J connectivity index is 1.72. The Kier molecular flexibility index (Phi) is 7.73. The Morgan fingerprint density at radius 2 is 1.97 bits per heavy atom. The number of halogens is 1. The number of anilines is 1. The average Bonchev–Trinajstić information content (AvgIpc) is 3.56. The predicted octanol–water partition coefficient (Wildman–Crippen LogP) is 4.27. The largest absolute Gasteiger partial charge is 0.462 e. The van der Waals surface area contributed by atoms with E-state index in [4.69, 9.17) is 4.74 Å². The molecular formula is C24H26BrN7O4S. The summed E-state index contributed by atoms with van der Waals surface area (Å²) in [6.45, 7) is 6.45. The molecule has 1 N–H and O–H groups in total. The lowest BCUT2D eigenvalue weighted by atomic mass is 10.1. The van der Waals surface area contributed by atoms with Crippen molar-refractivity contribution in [2.24, 2.45) is 0 Å². The summed E-state index contributed by atoms with van der Waals surface area (Å²) in [5, 5.41) is 12.0. The van der Waals surface area contributed by atoms with Gasteiger partial charge in [-0.2, -0.15) is 10.2 Å². The molecule has 0 saturated heterocycles. The van der Waals surface area contributed by atoms with E-state index in [1.807, 2.05) is 20.0 Å². The fourth-order valence-corrected chi connectivity index (χ4v) is 5.34. The van der Waals surface area contributed by atoms with Crippen molar-refractivity contribution in [2.45, 2.75) is 33.7 Å². The average molecular weight is 588 g/mol. The van der Waals surface area contributed by atoms with Crippen LogP contribution in [0.5, 0.6) is 0 Å². The number of hydrogen-bond donors (Lipinski definition) is 1. The number of aryl methyl sites for hydroxylation is 1. The van der Waals surface area contributed by atoms with Crippen LogP contribution in [0.4, 0.5) is 5.00 Å². The number of ether oxygens (including phenoxy) is 1. The van der Waals surface area contributed by atoms with Gasteiger partial charge in [-0.25, -0.2) is 14.3 Å². The van der Waals surface area contributed by atoms with Crippen molar-refractivity contribution in [3.8, 4) is 11.4 Å².